The van der Waals surface area contributed by atoms with Crippen molar-refractivity contribution in [2.75, 3.05) is 40.8 Å². The zero-order chi connectivity index (χ0) is 20.3. The summed E-state index contributed by atoms with van der Waals surface area (Å²) in [6.07, 6.45) is 1.62. The normalized spacial score (nSPS) is 16.9. The minimum atomic E-state index is -0.235. The third-order valence-corrected chi connectivity index (χ3v) is 5.67. The van der Waals surface area contributed by atoms with Gasteiger partial charge in [-0.05, 0) is 48.7 Å². The number of hydrogen-bond donors (Lipinski definition) is 1. The molecule has 1 saturated heterocycles. The van der Waals surface area contributed by atoms with E-state index in [9.17, 15) is 4.79 Å². The van der Waals surface area contributed by atoms with Crippen LogP contribution in [-0.2, 0) is 10.2 Å². The van der Waals surface area contributed by atoms with Crippen LogP contribution in [0, 0.1) is 0 Å². The highest BCUT2D eigenvalue weighted by Gasteiger charge is 2.36. The fraction of sp³-hybridized carbons (Fsp3) is 0.409. The van der Waals surface area contributed by atoms with Crippen LogP contribution in [0.25, 0.3) is 0 Å². The number of methoxy groups -OCH3 is 2. The maximum atomic E-state index is 13.0. The van der Waals surface area contributed by atoms with E-state index < -0.39 is 0 Å². The van der Waals surface area contributed by atoms with Crippen LogP contribution in [0.3, 0.4) is 0 Å². The molecule has 154 valence electrons. The lowest BCUT2D eigenvalue weighted by Crippen LogP contribution is -2.44. The molecule has 2 aromatic carbocycles. The second-order valence-corrected chi connectivity index (χ2v) is 7.21. The lowest BCUT2D eigenvalue weighted by Gasteiger charge is -2.38. The number of carbonyl (C=O) groups is 1. The van der Waals surface area contributed by atoms with Gasteiger partial charge in [-0.15, -0.1) is 0 Å². The number of fused-ring (bicyclic) bond motifs is 1. The van der Waals surface area contributed by atoms with Crippen molar-refractivity contribution in [2.45, 2.75) is 18.3 Å². The number of carbonyl (C=O) groups excluding carboxylic acids is 1. The Hall–Kier alpha value is -2.93. The van der Waals surface area contributed by atoms with Crippen molar-refractivity contribution in [1.82, 2.24) is 5.32 Å². The molecular weight excluding hydrogens is 374 g/mol. The first-order valence-corrected chi connectivity index (χ1v) is 9.63. The Balaban J connectivity index is 1.57. The van der Waals surface area contributed by atoms with Crippen LogP contribution in [-0.4, -0.2) is 46.7 Å². The van der Waals surface area contributed by atoms with Crippen molar-refractivity contribution in [3.05, 3.63) is 47.5 Å². The van der Waals surface area contributed by atoms with Gasteiger partial charge in [0.15, 0.2) is 11.5 Å². The molecule has 1 fully saturated rings. The summed E-state index contributed by atoms with van der Waals surface area (Å²) in [5, 5.41) is 3.10. The molecule has 29 heavy (non-hydrogen) atoms. The lowest BCUT2D eigenvalue weighted by atomic mass is 9.74. The van der Waals surface area contributed by atoms with Crippen molar-refractivity contribution in [3.63, 3.8) is 0 Å². The summed E-state index contributed by atoms with van der Waals surface area (Å²) in [7, 11) is 3.12. The van der Waals surface area contributed by atoms with Crippen molar-refractivity contribution in [2.24, 2.45) is 0 Å². The van der Waals surface area contributed by atoms with Gasteiger partial charge in [-0.25, -0.2) is 0 Å². The van der Waals surface area contributed by atoms with E-state index in [0.717, 1.165) is 29.9 Å². The van der Waals surface area contributed by atoms with E-state index in [-0.39, 0.29) is 18.1 Å². The molecule has 4 rings (SSSR count). The topological polar surface area (TPSA) is 75.3 Å². The highest BCUT2D eigenvalue weighted by Crippen LogP contribution is 2.40. The highest BCUT2D eigenvalue weighted by molar-refractivity contribution is 5.97. The van der Waals surface area contributed by atoms with Crippen molar-refractivity contribution >= 4 is 5.91 Å². The van der Waals surface area contributed by atoms with E-state index in [1.54, 1.807) is 32.4 Å². The summed E-state index contributed by atoms with van der Waals surface area (Å²) in [4.78, 5) is 13.0. The molecular formula is C22H25NO6. The lowest BCUT2D eigenvalue weighted by molar-refractivity contribution is 0.0486. The van der Waals surface area contributed by atoms with Gasteiger partial charge in [-0.1, -0.05) is 6.07 Å². The van der Waals surface area contributed by atoms with Crippen LogP contribution < -0.4 is 24.3 Å². The van der Waals surface area contributed by atoms with Crippen LogP contribution in [0.15, 0.2) is 36.4 Å². The fourth-order valence-electron chi connectivity index (χ4n) is 3.89. The Morgan fingerprint density at radius 3 is 2.59 bits per heavy atom. The maximum Gasteiger partial charge on any atom is 0.255 e. The quantitative estimate of drug-likeness (QED) is 0.805. The Labute approximate surface area is 169 Å². The Morgan fingerprint density at radius 1 is 1.03 bits per heavy atom. The molecule has 0 spiro atoms. The Kier molecular flexibility index (Phi) is 5.49. The van der Waals surface area contributed by atoms with Crippen LogP contribution in [0.5, 0.6) is 23.0 Å². The minimum absolute atomic E-state index is 0.202. The van der Waals surface area contributed by atoms with Crippen LogP contribution in [0.2, 0.25) is 0 Å². The van der Waals surface area contributed by atoms with E-state index in [1.165, 1.54) is 0 Å². The highest BCUT2D eigenvalue weighted by atomic mass is 16.7. The molecule has 0 aliphatic carbocycles. The van der Waals surface area contributed by atoms with E-state index in [0.29, 0.717) is 36.8 Å². The predicted octanol–water partition coefficient (Wildman–Crippen LogP) is 2.91. The predicted molar refractivity (Wildman–Crippen MR) is 106 cm³/mol. The summed E-state index contributed by atoms with van der Waals surface area (Å²) in [6.45, 7) is 2.01. The monoisotopic (exact) mass is 399 g/mol. The second-order valence-electron chi connectivity index (χ2n) is 7.21. The van der Waals surface area contributed by atoms with Gasteiger partial charge in [0.25, 0.3) is 5.91 Å². The minimum Gasteiger partial charge on any atom is -0.497 e. The number of amides is 1. The summed E-state index contributed by atoms with van der Waals surface area (Å²) < 4.78 is 27.2. The molecule has 1 N–H and O–H groups in total. The van der Waals surface area contributed by atoms with Gasteiger partial charge < -0.3 is 29.0 Å². The van der Waals surface area contributed by atoms with E-state index in [1.807, 2.05) is 12.1 Å². The smallest absolute Gasteiger partial charge is 0.255 e. The van der Waals surface area contributed by atoms with Gasteiger partial charge in [0.2, 0.25) is 6.79 Å². The molecule has 0 saturated carbocycles. The fourth-order valence-corrected chi connectivity index (χ4v) is 3.89. The maximum absolute atomic E-state index is 13.0. The SMILES string of the molecule is COc1ccc(OC)c(C(=O)NCC2(c3ccc4c(c3)OCO4)CCOCC2)c1. The molecule has 0 atom stereocenters. The van der Waals surface area contributed by atoms with Crippen molar-refractivity contribution in [1.29, 1.82) is 0 Å². The largest absolute Gasteiger partial charge is 0.497 e. The zero-order valence-electron chi connectivity index (χ0n) is 16.7. The molecule has 2 aliphatic heterocycles. The molecule has 0 unspecified atom stereocenters. The van der Waals surface area contributed by atoms with E-state index >= 15 is 0 Å². The van der Waals surface area contributed by atoms with Gasteiger partial charge in [-0.2, -0.15) is 0 Å². The Morgan fingerprint density at radius 2 is 1.83 bits per heavy atom. The van der Waals surface area contributed by atoms with Gasteiger partial charge >= 0.3 is 0 Å². The molecule has 7 heteroatoms. The molecule has 2 heterocycles. The van der Waals surface area contributed by atoms with Crippen molar-refractivity contribution in [3.8, 4) is 23.0 Å². The zero-order valence-corrected chi connectivity index (χ0v) is 16.7. The van der Waals surface area contributed by atoms with Gasteiger partial charge in [0.1, 0.15) is 11.5 Å². The van der Waals surface area contributed by atoms with E-state index in [4.69, 9.17) is 23.7 Å². The molecule has 7 nitrogen and oxygen atoms in total. The Bertz CT molecular complexity index is 891. The third-order valence-electron chi connectivity index (χ3n) is 5.67. The van der Waals surface area contributed by atoms with Crippen LogP contribution in [0.1, 0.15) is 28.8 Å². The third kappa shape index (κ3) is 3.82. The first kappa shape index (κ1) is 19.4. The van der Waals surface area contributed by atoms with Crippen LogP contribution >= 0.6 is 0 Å². The van der Waals surface area contributed by atoms with Crippen LogP contribution in [0.4, 0.5) is 0 Å². The second kappa shape index (κ2) is 8.21. The summed E-state index contributed by atoms with van der Waals surface area (Å²) >= 11 is 0. The average Bonchev–Trinajstić information content (AvgIpc) is 3.25. The number of rotatable bonds is 6. The van der Waals surface area contributed by atoms with E-state index in [2.05, 4.69) is 11.4 Å². The summed E-state index contributed by atoms with van der Waals surface area (Å²) in [5.41, 5.74) is 1.32. The standard InChI is InChI=1S/C22H25NO6/c1-25-16-4-6-18(26-2)17(12-16)21(24)23-13-22(7-9-27-10-8-22)15-3-5-19-20(11-15)29-14-28-19/h3-6,11-12H,7-10,13-14H2,1-2H3,(H,23,24). The summed E-state index contributed by atoms with van der Waals surface area (Å²) in [5.74, 6) is 2.41. The molecule has 0 aromatic heterocycles. The van der Waals surface area contributed by atoms with Gasteiger partial charge in [-0.3, -0.25) is 4.79 Å². The summed E-state index contributed by atoms with van der Waals surface area (Å²) in [6, 6.07) is 11.2. The van der Waals surface area contributed by atoms with Gasteiger partial charge in [0, 0.05) is 25.2 Å². The number of benzene rings is 2. The number of hydrogen-bond acceptors (Lipinski definition) is 6. The molecule has 0 radical (unpaired) electrons. The number of nitrogens with one attached hydrogen (secondary N) is 1. The number of ether oxygens (including phenoxy) is 5. The van der Waals surface area contributed by atoms with Crippen molar-refractivity contribution < 1.29 is 28.5 Å². The average molecular weight is 399 g/mol. The molecule has 0 bridgehead atoms. The molecule has 2 aliphatic rings. The first-order chi connectivity index (χ1) is 14.1. The van der Waals surface area contributed by atoms with Gasteiger partial charge in [0.05, 0.1) is 19.8 Å². The first-order valence-electron chi connectivity index (χ1n) is 9.63. The molecule has 2 aromatic rings. The molecule has 1 amide bonds.